The summed E-state index contributed by atoms with van der Waals surface area (Å²) in [6.45, 7) is 1.14. The van der Waals surface area contributed by atoms with Crippen LogP contribution in [-0.2, 0) is 4.79 Å². The van der Waals surface area contributed by atoms with Crippen molar-refractivity contribution in [2.75, 3.05) is 20.2 Å². The Labute approximate surface area is 211 Å². The fourth-order valence-corrected chi connectivity index (χ4v) is 5.00. The van der Waals surface area contributed by atoms with Crippen molar-refractivity contribution in [3.05, 3.63) is 79.9 Å². The van der Waals surface area contributed by atoms with E-state index in [-0.39, 0.29) is 50.7 Å². The van der Waals surface area contributed by atoms with E-state index in [0.29, 0.717) is 24.2 Å². The number of ether oxygens (including phenoxy) is 2. The molecule has 1 unspecified atom stereocenters. The molecule has 3 heterocycles. The van der Waals surface area contributed by atoms with Crippen LogP contribution in [0.4, 0.5) is 0 Å². The molecule has 0 saturated carbocycles. The van der Waals surface area contributed by atoms with E-state index in [9.17, 15) is 19.8 Å². The maximum absolute atomic E-state index is 14.1. The van der Waals surface area contributed by atoms with Gasteiger partial charge in [0.2, 0.25) is 5.88 Å². The number of carbonyl (C=O) groups is 1. The number of nitrogens with zero attached hydrogens (tertiary/aromatic N) is 1. The molecular weight excluding hydrogens is 482 g/mol. The standard InChI is InChI=1S/C26H25N3O6S/c1-34-18-13-14(9-10-17(18)31)19-20(25(33)29-11-5-2-6-12-29)22(15-7-3-4-8-16(15)30)35-24-21(19)23(32)27-26(36)28-24/h3-4,7-10,13,19,30-31H,2,5-6,11-12H2,1H3,(H2,27,28,32,36). The molecule has 2 aromatic carbocycles. The molecule has 3 aromatic rings. The predicted molar refractivity (Wildman–Crippen MR) is 135 cm³/mol. The van der Waals surface area contributed by atoms with Gasteiger partial charge in [-0.15, -0.1) is 0 Å². The third-order valence-electron chi connectivity index (χ3n) is 6.53. The number of H-pyrrole nitrogens is 2. The van der Waals surface area contributed by atoms with Crippen molar-refractivity contribution in [3.63, 3.8) is 0 Å². The van der Waals surface area contributed by atoms with E-state index in [0.717, 1.165) is 19.3 Å². The topological polar surface area (TPSA) is 128 Å². The number of likely N-dealkylation sites (tertiary alicyclic amines) is 1. The van der Waals surface area contributed by atoms with E-state index in [1.165, 1.54) is 19.2 Å². The van der Waals surface area contributed by atoms with Crippen LogP contribution in [0.25, 0.3) is 5.76 Å². The molecule has 10 heteroatoms. The molecule has 0 spiro atoms. The zero-order valence-corrected chi connectivity index (χ0v) is 20.4. The largest absolute Gasteiger partial charge is 0.507 e. The number of aromatic hydroxyl groups is 2. The highest BCUT2D eigenvalue weighted by Gasteiger charge is 2.41. The van der Waals surface area contributed by atoms with Crippen molar-refractivity contribution >= 4 is 23.9 Å². The van der Waals surface area contributed by atoms with Crippen LogP contribution in [-0.4, -0.2) is 51.2 Å². The van der Waals surface area contributed by atoms with Crippen LogP contribution < -0.4 is 15.0 Å². The number of amides is 1. The molecule has 0 radical (unpaired) electrons. The van der Waals surface area contributed by atoms with E-state index < -0.39 is 11.5 Å². The van der Waals surface area contributed by atoms with Gasteiger partial charge in [0, 0.05) is 13.1 Å². The number of rotatable bonds is 4. The number of hydrogen-bond acceptors (Lipinski definition) is 7. The second-order valence-corrected chi connectivity index (χ2v) is 9.14. The number of nitrogens with one attached hydrogen (secondary N) is 2. The summed E-state index contributed by atoms with van der Waals surface area (Å²) in [5.41, 5.74) is 0.689. The fourth-order valence-electron chi connectivity index (χ4n) is 4.81. The lowest BCUT2D eigenvalue weighted by molar-refractivity contribution is -0.128. The third kappa shape index (κ3) is 4.13. The Balaban J connectivity index is 1.84. The lowest BCUT2D eigenvalue weighted by Crippen LogP contribution is -2.40. The average Bonchev–Trinajstić information content (AvgIpc) is 2.88. The lowest BCUT2D eigenvalue weighted by atomic mass is 9.81. The van der Waals surface area contributed by atoms with Gasteiger partial charge >= 0.3 is 0 Å². The van der Waals surface area contributed by atoms with Gasteiger partial charge < -0.3 is 29.6 Å². The van der Waals surface area contributed by atoms with Gasteiger partial charge in [0.1, 0.15) is 11.5 Å². The highest BCUT2D eigenvalue weighted by atomic mass is 32.1. The van der Waals surface area contributed by atoms with Crippen LogP contribution in [0.5, 0.6) is 23.1 Å². The van der Waals surface area contributed by atoms with Gasteiger partial charge in [-0.2, -0.15) is 0 Å². The summed E-state index contributed by atoms with van der Waals surface area (Å²) in [5.74, 6) is -0.956. The zero-order valence-electron chi connectivity index (χ0n) is 19.5. The minimum Gasteiger partial charge on any atom is -0.507 e. The minimum absolute atomic E-state index is 0.0585. The first-order chi connectivity index (χ1) is 17.4. The molecule has 1 atom stereocenters. The molecule has 1 aromatic heterocycles. The molecule has 1 saturated heterocycles. The Morgan fingerprint density at radius 1 is 1.08 bits per heavy atom. The van der Waals surface area contributed by atoms with Crippen molar-refractivity contribution in [2.45, 2.75) is 25.2 Å². The Morgan fingerprint density at radius 3 is 2.56 bits per heavy atom. The van der Waals surface area contributed by atoms with Gasteiger partial charge in [0.15, 0.2) is 16.3 Å². The number of phenolic OH excluding ortho intramolecular Hbond substituents is 2. The summed E-state index contributed by atoms with van der Waals surface area (Å²) >= 11 is 5.18. The van der Waals surface area contributed by atoms with Crippen LogP contribution in [0, 0.1) is 4.77 Å². The van der Waals surface area contributed by atoms with Crippen molar-refractivity contribution in [2.24, 2.45) is 0 Å². The Morgan fingerprint density at radius 2 is 1.83 bits per heavy atom. The smallest absolute Gasteiger partial charge is 0.259 e. The van der Waals surface area contributed by atoms with Crippen molar-refractivity contribution in [1.29, 1.82) is 0 Å². The van der Waals surface area contributed by atoms with Gasteiger partial charge in [-0.25, -0.2) is 0 Å². The van der Waals surface area contributed by atoms with Gasteiger partial charge in [-0.1, -0.05) is 18.2 Å². The molecule has 0 bridgehead atoms. The first-order valence-electron chi connectivity index (χ1n) is 11.6. The lowest BCUT2D eigenvalue weighted by Gasteiger charge is -2.34. The third-order valence-corrected chi connectivity index (χ3v) is 6.73. The maximum Gasteiger partial charge on any atom is 0.259 e. The second kappa shape index (κ2) is 9.54. The van der Waals surface area contributed by atoms with Crippen LogP contribution in [0.15, 0.2) is 52.8 Å². The number of methoxy groups -OCH3 is 1. The number of benzene rings is 2. The highest BCUT2D eigenvalue weighted by molar-refractivity contribution is 7.71. The molecule has 2 aliphatic heterocycles. The summed E-state index contributed by atoms with van der Waals surface area (Å²) < 4.78 is 11.5. The molecule has 36 heavy (non-hydrogen) atoms. The molecule has 0 aliphatic carbocycles. The number of aromatic amines is 2. The quantitative estimate of drug-likeness (QED) is 0.396. The summed E-state index contributed by atoms with van der Waals surface area (Å²) in [6.07, 6.45) is 2.77. The van der Waals surface area contributed by atoms with E-state index >= 15 is 0 Å². The Hall–Kier alpha value is -4.05. The first-order valence-corrected chi connectivity index (χ1v) is 12.0. The molecule has 9 nitrogen and oxygen atoms in total. The van der Waals surface area contributed by atoms with Crippen molar-refractivity contribution in [1.82, 2.24) is 14.9 Å². The summed E-state index contributed by atoms with van der Waals surface area (Å²) in [6, 6.07) is 11.2. The second-order valence-electron chi connectivity index (χ2n) is 8.73. The fraction of sp³-hybridized carbons (Fsp3) is 0.269. The molecule has 5 rings (SSSR count). The molecule has 2 aliphatic rings. The minimum atomic E-state index is -0.900. The number of fused-ring (bicyclic) bond motifs is 1. The van der Waals surface area contributed by atoms with E-state index in [1.807, 2.05) is 0 Å². The molecule has 4 N–H and O–H groups in total. The van der Waals surface area contributed by atoms with E-state index in [4.69, 9.17) is 21.7 Å². The number of para-hydroxylation sites is 1. The van der Waals surface area contributed by atoms with Crippen molar-refractivity contribution < 1.29 is 24.5 Å². The number of aromatic nitrogens is 2. The van der Waals surface area contributed by atoms with Gasteiger partial charge in [-0.3, -0.25) is 14.6 Å². The normalized spacial score (nSPS) is 17.4. The van der Waals surface area contributed by atoms with Gasteiger partial charge in [0.05, 0.1) is 29.7 Å². The van der Waals surface area contributed by atoms with E-state index in [1.54, 1.807) is 35.2 Å². The van der Waals surface area contributed by atoms with E-state index in [2.05, 4.69) is 9.97 Å². The first kappa shape index (κ1) is 23.7. The number of carbonyl (C=O) groups excluding carboxylic acids is 1. The summed E-state index contributed by atoms with van der Waals surface area (Å²) in [4.78, 5) is 34.6. The van der Waals surface area contributed by atoms with Gasteiger partial charge in [0.25, 0.3) is 11.5 Å². The van der Waals surface area contributed by atoms with Crippen LogP contribution >= 0.6 is 12.2 Å². The average molecular weight is 508 g/mol. The Kier molecular flexibility index (Phi) is 6.27. The zero-order chi connectivity index (χ0) is 25.4. The highest BCUT2D eigenvalue weighted by Crippen LogP contribution is 2.46. The number of hydrogen-bond donors (Lipinski definition) is 4. The molecule has 1 amide bonds. The summed E-state index contributed by atoms with van der Waals surface area (Å²) in [7, 11) is 1.42. The molecule has 1 fully saturated rings. The monoisotopic (exact) mass is 507 g/mol. The van der Waals surface area contributed by atoms with Crippen molar-refractivity contribution in [3.8, 4) is 23.1 Å². The molecule has 186 valence electrons. The van der Waals surface area contributed by atoms with Crippen LogP contribution in [0.3, 0.4) is 0 Å². The maximum atomic E-state index is 14.1. The Bertz CT molecular complexity index is 1490. The van der Waals surface area contributed by atoms with Crippen LogP contribution in [0.1, 0.15) is 41.9 Å². The SMILES string of the molecule is COc1cc(C2C(C(=O)N3CCCCC3)=C(c3ccccc3O)Oc3[nH]c(=S)[nH]c(=O)c32)ccc1O. The summed E-state index contributed by atoms with van der Waals surface area (Å²) in [5, 5.41) is 20.9. The molecular formula is C26H25N3O6S. The number of piperidine rings is 1. The number of phenols is 2. The predicted octanol–water partition coefficient (Wildman–Crippen LogP) is 3.80. The van der Waals surface area contributed by atoms with Gasteiger partial charge in [-0.05, 0) is 61.3 Å². The van der Waals surface area contributed by atoms with Crippen LogP contribution in [0.2, 0.25) is 0 Å².